The lowest BCUT2D eigenvalue weighted by Gasteiger charge is -2.26. The van der Waals surface area contributed by atoms with Crippen molar-refractivity contribution in [1.29, 1.82) is 0 Å². The minimum Gasteiger partial charge on any atom is -0.356 e. The van der Waals surface area contributed by atoms with Gasteiger partial charge in [0.15, 0.2) is 5.96 Å². The van der Waals surface area contributed by atoms with Crippen molar-refractivity contribution in [1.82, 2.24) is 15.4 Å². The molecular weight excluding hydrogens is 384 g/mol. The van der Waals surface area contributed by atoms with Gasteiger partial charge in [0.2, 0.25) is 10.0 Å². The predicted molar refractivity (Wildman–Crippen MR) is 117 cm³/mol. The Morgan fingerprint density at radius 3 is 2.28 bits per heavy atom. The number of aliphatic imine (C=N–C) groups is 1. The van der Waals surface area contributed by atoms with Crippen molar-refractivity contribution in [2.24, 2.45) is 4.99 Å². The number of hydrogen-bond donors (Lipinski definition) is 3. The molecule has 0 aromatic heterocycles. The van der Waals surface area contributed by atoms with Crippen LogP contribution in [0.3, 0.4) is 0 Å². The molecule has 0 saturated heterocycles. The summed E-state index contributed by atoms with van der Waals surface area (Å²) in [6, 6.07) is 17.4. The molecule has 0 radical (unpaired) electrons. The Morgan fingerprint density at radius 1 is 1.03 bits per heavy atom. The maximum absolute atomic E-state index is 12.2. The van der Waals surface area contributed by atoms with E-state index in [1.807, 2.05) is 30.3 Å². The number of nitrogens with zero attached hydrogens (tertiary/aromatic N) is 1. The molecular formula is C22H30N4O2S. The van der Waals surface area contributed by atoms with Gasteiger partial charge in [-0.1, -0.05) is 56.3 Å². The fourth-order valence-electron chi connectivity index (χ4n) is 2.98. The van der Waals surface area contributed by atoms with Crippen molar-refractivity contribution in [3.63, 3.8) is 0 Å². The predicted octanol–water partition coefficient (Wildman–Crippen LogP) is 2.77. The fraction of sp³-hybridized carbons (Fsp3) is 0.409. The number of hydrogen-bond acceptors (Lipinski definition) is 3. The molecule has 3 N–H and O–H groups in total. The second kappa shape index (κ2) is 8.97. The zero-order valence-electron chi connectivity index (χ0n) is 17.3. The summed E-state index contributed by atoms with van der Waals surface area (Å²) in [5.41, 5.74) is 2.21. The van der Waals surface area contributed by atoms with Crippen LogP contribution in [0.4, 0.5) is 0 Å². The van der Waals surface area contributed by atoms with Crippen LogP contribution in [0.25, 0.3) is 0 Å². The zero-order valence-corrected chi connectivity index (χ0v) is 18.1. The van der Waals surface area contributed by atoms with Crippen LogP contribution in [-0.2, 0) is 22.0 Å². The van der Waals surface area contributed by atoms with Gasteiger partial charge in [0, 0.05) is 31.6 Å². The van der Waals surface area contributed by atoms with E-state index in [-0.39, 0.29) is 11.5 Å². The van der Waals surface area contributed by atoms with Gasteiger partial charge in [0.05, 0.1) is 4.90 Å². The van der Waals surface area contributed by atoms with E-state index in [0.29, 0.717) is 17.4 Å². The molecule has 0 unspecified atom stereocenters. The van der Waals surface area contributed by atoms with Gasteiger partial charge < -0.3 is 10.6 Å². The summed E-state index contributed by atoms with van der Waals surface area (Å²) >= 11 is 0. The third kappa shape index (κ3) is 6.05. The summed E-state index contributed by atoms with van der Waals surface area (Å²) in [5, 5.41) is 6.66. The highest BCUT2D eigenvalue weighted by molar-refractivity contribution is 7.89. The molecule has 0 heterocycles. The number of benzene rings is 2. The van der Waals surface area contributed by atoms with Crippen molar-refractivity contribution in [3.05, 3.63) is 65.7 Å². The van der Waals surface area contributed by atoms with Gasteiger partial charge in [-0.25, -0.2) is 13.1 Å². The van der Waals surface area contributed by atoms with E-state index >= 15 is 0 Å². The maximum Gasteiger partial charge on any atom is 0.240 e. The van der Waals surface area contributed by atoms with Gasteiger partial charge >= 0.3 is 0 Å². The maximum atomic E-state index is 12.2. The Labute approximate surface area is 173 Å². The third-order valence-electron chi connectivity index (χ3n) is 5.07. The molecule has 1 fully saturated rings. The third-order valence-corrected chi connectivity index (χ3v) is 6.61. The lowest BCUT2D eigenvalue weighted by molar-refractivity contribution is 0.508. The summed E-state index contributed by atoms with van der Waals surface area (Å²) in [6.07, 6.45) is 1.85. The number of nitrogens with one attached hydrogen (secondary N) is 3. The van der Waals surface area contributed by atoms with Crippen LogP contribution >= 0.6 is 0 Å². The molecule has 0 spiro atoms. The first-order valence-electron chi connectivity index (χ1n) is 9.91. The van der Waals surface area contributed by atoms with Gasteiger partial charge in [-0.3, -0.25) is 4.99 Å². The second-order valence-electron chi connectivity index (χ2n) is 8.07. The Hall–Kier alpha value is -2.38. The molecule has 0 atom stereocenters. The van der Waals surface area contributed by atoms with Crippen LogP contribution < -0.4 is 15.4 Å². The quantitative estimate of drug-likeness (QED) is 0.458. The summed E-state index contributed by atoms with van der Waals surface area (Å²) in [5.74, 6) is 0.709. The van der Waals surface area contributed by atoms with Crippen LogP contribution in [-0.4, -0.2) is 34.0 Å². The molecule has 0 bridgehead atoms. The molecule has 2 aromatic rings. The second-order valence-corrected chi connectivity index (χ2v) is 9.78. The summed E-state index contributed by atoms with van der Waals surface area (Å²) in [6.45, 7) is 5.68. The first-order chi connectivity index (χ1) is 13.8. The highest BCUT2D eigenvalue weighted by atomic mass is 32.2. The van der Waals surface area contributed by atoms with Gasteiger partial charge in [-0.2, -0.15) is 0 Å². The fourth-order valence-corrected chi connectivity index (χ4v) is 4.28. The van der Waals surface area contributed by atoms with Crippen molar-refractivity contribution >= 4 is 16.0 Å². The van der Waals surface area contributed by atoms with E-state index in [9.17, 15) is 8.42 Å². The van der Waals surface area contributed by atoms with Gasteiger partial charge in [-0.05, 0) is 36.1 Å². The highest BCUT2D eigenvalue weighted by Gasteiger charge is 2.27. The molecule has 156 valence electrons. The van der Waals surface area contributed by atoms with Gasteiger partial charge in [0.1, 0.15) is 0 Å². The van der Waals surface area contributed by atoms with Crippen LogP contribution in [0.1, 0.15) is 37.8 Å². The Bertz CT molecular complexity index is 935. The van der Waals surface area contributed by atoms with Crippen molar-refractivity contribution in [3.8, 4) is 0 Å². The monoisotopic (exact) mass is 414 g/mol. The van der Waals surface area contributed by atoms with E-state index in [2.05, 4.69) is 46.3 Å². The van der Waals surface area contributed by atoms with Crippen LogP contribution in [0.2, 0.25) is 0 Å². The Morgan fingerprint density at radius 2 is 1.69 bits per heavy atom. The highest BCUT2D eigenvalue weighted by Crippen LogP contribution is 2.23. The summed E-state index contributed by atoms with van der Waals surface area (Å²) in [4.78, 5) is 4.59. The molecule has 1 aliphatic rings. The average Bonchev–Trinajstić information content (AvgIpc) is 3.52. The van der Waals surface area contributed by atoms with Crippen LogP contribution in [0, 0.1) is 0 Å². The number of guanidine groups is 1. The molecule has 0 aliphatic heterocycles. The van der Waals surface area contributed by atoms with Crippen molar-refractivity contribution in [2.45, 2.75) is 49.6 Å². The lowest BCUT2D eigenvalue weighted by Crippen LogP contribution is -2.43. The minimum atomic E-state index is -3.41. The average molecular weight is 415 g/mol. The molecule has 29 heavy (non-hydrogen) atoms. The van der Waals surface area contributed by atoms with Crippen LogP contribution in [0.15, 0.2) is 64.5 Å². The van der Waals surface area contributed by atoms with Crippen molar-refractivity contribution in [2.75, 3.05) is 13.6 Å². The largest absolute Gasteiger partial charge is 0.356 e. The molecule has 6 nitrogen and oxygen atoms in total. The van der Waals surface area contributed by atoms with E-state index < -0.39 is 10.0 Å². The first-order valence-corrected chi connectivity index (χ1v) is 11.4. The summed E-state index contributed by atoms with van der Waals surface area (Å²) in [7, 11) is -1.67. The molecule has 2 aromatic carbocycles. The van der Waals surface area contributed by atoms with E-state index in [1.165, 1.54) is 5.56 Å². The smallest absolute Gasteiger partial charge is 0.240 e. The lowest BCUT2D eigenvalue weighted by atomic mass is 9.85. The zero-order chi connectivity index (χ0) is 20.9. The van der Waals surface area contributed by atoms with Crippen molar-refractivity contribution < 1.29 is 8.42 Å². The molecule has 1 saturated carbocycles. The normalized spacial score (nSPS) is 15.2. The van der Waals surface area contributed by atoms with E-state index in [0.717, 1.165) is 24.9 Å². The minimum absolute atomic E-state index is 0.0382. The van der Waals surface area contributed by atoms with Gasteiger partial charge in [0.25, 0.3) is 0 Å². The van der Waals surface area contributed by atoms with E-state index in [4.69, 9.17) is 0 Å². The van der Waals surface area contributed by atoms with Crippen LogP contribution in [0.5, 0.6) is 0 Å². The SMILES string of the molecule is CN=C(NCc1ccc(S(=O)(=O)NC2CC2)cc1)NCC(C)(C)c1ccccc1. The van der Waals surface area contributed by atoms with Gasteiger partial charge in [-0.15, -0.1) is 0 Å². The molecule has 1 aliphatic carbocycles. The standard InChI is InChI=1S/C22H30N4O2S/c1-22(2,18-7-5-4-6-8-18)16-25-21(23-3)24-15-17-9-13-20(14-10-17)29(27,28)26-19-11-12-19/h4-10,13-14,19,26H,11-12,15-16H2,1-3H3,(H2,23,24,25). The molecule has 0 amide bonds. The first kappa shape index (κ1) is 21.3. The molecule has 7 heteroatoms. The Balaban J connectivity index is 1.53. The molecule has 3 rings (SSSR count). The number of sulfonamides is 1. The topological polar surface area (TPSA) is 82.6 Å². The Kier molecular flexibility index (Phi) is 6.59. The van der Waals surface area contributed by atoms with E-state index in [1.54, 1.807) is 19.2 Å². The summed E-state index contributed by atoms with van der Waals surface area (Å²) < 4.78 is 27.2. The number of rotatable bonds is 8.